The number of ether oxygens (including phenoxy) is 1. The summed E-state index contributed by atoms with van der Waals surface area (Å²) in [5.41, 5.74) is -0.227. The summed E-state index contributed by atoms with van der Waals surface area (Å²) in [6.45, 7) is 5.39. The van der Waals surface area contributed by atoms with E-state index >= 15 is 0 Å². The molecule has 0 unspecified atom stereocenters. The molecular formula is C19H27FN2O4S. The van der Waals surface area contributed by atoms with Crippen molar-refractivity contribution >= 4 is 15.9 Å². The van der Waals surface area contributed by atoms with Gasteiger partial charge in [0, 0.05) is 19.1 Å². The van der Waals surface area contributed by atoms with Crippen LogP contribution in [0.2, 0.25) is 0 Å². The molecule has 0 radical (unpaired) electrons. The molecule has 3 atom stereocenters. The van der Waals surface area contributed by atoms with Crippen LogP contribution in [-0.2, 0) is 14.8 Å². The fraction of sp³-hybridized carbons (Fsp3) is 0.632. The van der Waals surface area contributed by atoms with Crippen LogP contribution in [0.4, 0.5) is 4.39 Å². The van der Waals surface area contributed by atoms with Crippen LogP contribution in [0.5, 0.6) is 0 Å². The number of hydrogen-bond donors (Lipinski definition) is 1. The normalized spacial score (nSPS) is 27.3. The summed E-state index contributed by atoms with van der Waals surface area (Å²) < 4.78 is 46.3. The van der Waals surface area contributed by atoms with Gasteiger partial charge in [0.25, 0.3) is 5.91 Å². The van der Waals surface area contributed by atoms with Crippen molar-refractivity contribution in [3.63, 3.8) is 0 Å². The number of benzene rings is 1. The lowest BCUT2D eigenvalue weighted by Gasteiger charge is -2.34. The zero-order chi connectivity index (χ0) is 19.6. The summed E-state index contributed by atoms with van der Waals surface area (Å²) in [6.07, 6.45) is 2.99. The van der Waals surface area contributed by atoms with Gasteiger partial charge in [0.1, 0.15) is 5.82 Å². The molecule has 1 N–H and O–H groups in total. The number of rotatable bonds is 4. The van der Waals surface area contributed by atoms with Gasteiger partial charge in [-0.15, -0.1) is 0 Å². The van der Waals surface area contributed by atoms with Gasteiger partial charge < -0.3 is 10.1 Å². The number of carbonyl (C=O) groups is 1. The van der Waals surface area contributed by atoms with Gasteiger partial charge in [0.15, 0.2) is 0 Å². The first-order valence-corrected chi connectivity index (χ1v) is 10.9. The zero-order valence-corrected chi connectivity index (χ0v) is 16.6. The third-order valence-electron chi connectivity index (χ3n) is 5.81. The van der Waals surface area contributed by atoms with Crippen LogP contribution in [0.15, 0.2) is 23.1 Å². The molecule has 1 aliphatic heterocycles. The van der Waals surface area contributed by atoms with Crippen LogP contribution in [-0.4, -0.2) is 51.0 Å². The minimum atomic E-state index is -3.78. The maximum Gasteiger partial charge on any atom is 0.254 e. The number of nitrogens with zero attached hydrogens (tertiary/aromatic N) is 1. The Morgan fingerprint density at radius 1 is 1.22 bits per heavy atom. The van der Waals surface area contributed by atoms with Crippen molar-refractivity contribution in [3.05, 3.63) is 29.6 Å². The number of nitrogens with one attached hydrogen (secondary N) is 1. The Balaban J connectivity index is 1.81. The van der Waals surface area contributed by atoms with E-state index in [9.17, 15) is 17.6 Å². The van der Waals surface area contributed by atoms with Crippen LogP contribution in [0, 0.1) is 17.7 Å². The molecule has 1 aromatic carbocycles. The van der Waals surface area contributed by atoms with Gasteiger partial charge >= 0.3 is 0 Å². The van der Waals surface area contributed by atoms with Crippen molar-refractivity contribution < 1.29 is 22.3 Å². The monoisotopic (exact) mass is 398 g/mol. The van der Waals surface area contributed by atoms with Crippen molar-refractivity contribution in [2.75, 3.05) is 26.3 Å². The van der Waals surface area contributed by atoms with E-state index in [1.165, 1.54) is 10.4 Å². The third-order valence-corrected chi connectivity index (χ3v) is 7.71. The van der Waals surface area contributed by atoms with Crippen LogP contribution in [0.3, 0.4) is 0 Å². The van der Waals surface area contributed by atoms with Crippen LogP contribution in [0.25, 0.3) is 0 Å². The van der Waals surface area contributed by atoms with Crippen molar-refractivity contribution in [1.82, 2.24) is 9.62 Å². The maximum atomic E-state index is 14.3. The molecule has 3 rings (SSSR count). The predicted octanol–water partition coefficient (Wildman–Crippen LogP) is 2.40. The fourth-order valence-electron chi connectivity index (χ4n) is 3.81. The molecule has 1 amide bonds. The lowest BCUT2D eigenvalue weighted by Crippen LogP contribution is -2.44. The van der Waals surface area contributed by atoms with E-state index in [1.807, 2.05) is 0 Å². The van der Waals surface area contributed by atoms with Gasteiger partial charge in [-0.25, -0.2) is 12.8 Å². The minimum Gasteiger partial charge on any atom is -0.379 e. The molecule has 150 valence electrons. The summed E-state index contributed by atoms with van der Waals surface area (Å²) in [5.74, 6) is -0.490. The Morgan fingerprint density at radius 3 is 2.63 bits per heavy atom. The van der Waals surface area contributed by atoms with E-state index in [2.05, 4.69) is 19.2 Å². The maximum absolute atomic E-state index is 14.3. The summed E-state index contributed by atoms with van der Waals surface area (Å²) in [6, 6.07) is 3.38. The molecule has 8 heteroatoms. The molecule has 0 spiro atoms. The molecule has 1 aliphatic carbocycles. The molecule has 1 aromatic rings. The molecule has 0 bridgehead atoms. The zero-order valence-electron chi connectivity index (χ0n) is 15.8. The van der Waals surface area contributed by atoms with Crippen LogP contribution >= 0.6 is 0 Å². The molecular weight excluding hydrogens is 371 g/mol. The van der Waals surface area contributed by atoms with Gasteiger partial charge in [-0.2, -0.15) is 4.31 Å². The first kappa shape index (κ1) is 20.2. The SMILES string of the molecule is C[C@H]1[C@H](C)CCC[C@H]1NC(=O)c1cc(S(=O)(=O)N2CCOCC2)ccc1F. The highest BCUT2D eigenvalue weighted by atomic mass is 32.2. The second kappa shape index (κ2) is 8.24. The molecule has 6 nitrogen and oxygen atoms in total. The van der Waals surface area contributed by atoms with Crippen molar-refractivity contribution in [2.24, 2.45) is 11.8 Å². The van der Waals surface area contributed by atoms with Crippen LogP contribution < -0.4 is 5.32 Å². The van der Waals surface area contributed by atoms with Crippen LogP contribution in [0.1, 0.15) is 43.5 Å². The predicted molar refractivity (Wildman–Crippen MR) is 99.4 cm³/mol. The molecule has 1 heterocycles. The highest BCUT2D eigenvalue weighted by Gasteiger charge is 2.31. The molecule has 27 heavy (non-hydrogen) atoms. The number of carbonyl (C=O) groups excluding carboxylic acids is 1. The number of sulfonamides is 1. The fourth-order valence-corrected chi connectivity index (χ4v) is 5.24. The average Bonchev–Trinajstić information content (AvgIpc) is 2.66. The Hall–Kier alpha value is -1.51. The molecule has 1 saturated carbocycles. The third kappa shape index (κ3) is 4.33. The minimum absolute atomic E-state index is 0.0276. The van der Waals surface area contributed by atoms with E-state index in [0.29, 0.717) is 25.0 Å². The smallest absolute Gasteiger partial charge is 0.254 e. The van der Waals surface area contributed by atoms with E-state index in [1.54, 1.807) is 0 Å². The highest BCUT2D eigenvalue weighted by Crippen LogP contribution is 2.30. The number of hydrogen-bond acceptors (Lipinski definition) is 4. The van der Waals surface area contributed by atoms with Gasteiger partial charge in [0.2, 0.25) is 10.0 Å². The average molecular weight is 399 g/mol. The molecule has 2 fully saturated rings. The Kier molecular flexibility index (Phi) is 6.18. The van der Waals surface area contributed by atoms with E-state index in [-0.39, 0.29) is 29.6 Å². The van der Waals surface area contributed by atoms with E-state index in [0.717, 1.165) is 31.4 Å². The quantitative estimate of drug-likeness (QED) is 0.845. The highest BCUT2D eigenvalue weighted by molar-refractivity contribution is 7.89. The Morgan fingerprint density at radius 2 is 1.93 bits per heavy atom. The second-order valence-corrected chi connectivity index (χ2v) is 9.44. The lowest BCUT2D eigenvalue weighted by atomic mass is 9.78. The summed E-state index contributed by atoms with van der Waals surface area (Å²) in [5, 5.41) is 2.91. The summed E-state index contributed by atoms with van der Waals surface area (Å²) in [7, 11) is -3.78. The first-order chi connectivity index (χ1) is 12.8. The topological polar surface area (TPSA) is 75.7 Å². The Labute approximate surface area is 160 Å². The number of halogens is 1. The van der Waals surface area contributed by atoms with Crippen molar-refractivity contribution in [2.45, 2.75) is 44.0 Å². The summed E-state index contributed by atoms with van der Waals surface area (Å²) in [4.78, 5) is 12.6. The van der Waals surface area contributed by atoms with E-state index in [4.69, 9.17) is 4.74 Å². The molecule has 2 aliphatic rings. The van der Waals surface area contributed by atoms with Gasteiger partial charge in [-0.1, -0.05) is 26.7 Å². The van der Waals surface area contributed by atoms with Gasteiger partial charge in [-0.3, -0.25) is 4.79 Å². The van der Waals surface area contributed by atoms with E-state index < -0.39 is 21.7 Å². The van der Waals surface area contributed by atoms with Gasteiger partial charge in [-0.05, 0) is 36.5 Å². The molecule has 1 saturated heterocycles. The van der Waals surface area contributed by atoms with Crippen molar-refractivity contribution in [3.8, 4) is 0 Å². The van der Waals surface area contributed by atoms with Gasteiger partial charge in [0.05, 0.1) is 23.7 Å². The Bertz CT molecular complexity index is 793. The standard InChI is InChI=1S/C19H27FN2O4S/c1-13-4-3-5-18(14(13)2)21-19(23)16-12-15(6-7-17(16)20)27(24,25)22-8-10-26-11-9-22/h6-7,12-14,18H,3-5,8-11H2,1-2H3,(H,21,23)/t13-,14+,18-/m1/s1. The summed E-state index contributed by atoms with van der Waals surface area (Å²) >= 11 is 0. The lowest BCUT2D eigenvalue weighted by molar-refractivity contribution is 0.0730. The largest absolute Gasteiger partial charge is 0.379 e. The number of amides is 1. The first-order valence-electron chi connectivity index (χ1n) is 9.49. The second-order valence-electron chi connectivity index (χ2n) is 7.51. The number of morpholine rings is 1. The molecule has 0 aromatic heterocycles. The van der Waals surface area contributed by atoms with Crippen molar-refractivity contribution in [1.29, 1.82) is 0 Å².